The van der Waals surface area contributed by atoms with Gasteiger partial charge in [0, 0.05) is 25.4 Å². The number of anilines is 1. The number of hydrogen-bond donors (Lipinski definition) is 1. The largest absolute Gasteiger partial charge is 0.360 e. The second-order valence-electron chi connectivity index (χ2n) is 7.08. The maximum absolute atomic E-state index is 13.1. The normalized spacial score (nSPS) is 20.9. The molecular formula is C19H22N4O4S. The number of benzene rings is 1. The molecule has 4 rings (SSSR count). The van der Waals surface area contributed by atoms with Crippen LogP contribution in [0.3, 0.4) is 0 Å². The van der Waals surface area contributed by atoms with Crippen LogP contribution in [0.15, 0.2) is 38.1 Å². The number of nitrogens with zero attached hydrogens (tertiary/aromatic N) is 3. The number of rotatable bonds is 3. The van der Waals surface area contributed by atoms with Crippen LogP contribution in [-0.4, -0.2) is 43.3 Å². The molecule has 2 aliphatic rings. The van der Waals surface area contributed by atoms with Crippen LogP contribution < -0.4 is 5.32 Å². The van der Waals surface area contributed by atoms with Gasteiger partial charge in [0.15, 0.2) is 0 Å². The molecule has 0 spiro atoms. The molecule has 1 aromatic heterocycles. The van der Waals surface area contributed by atoms with Crippen LogP contribution >= 0.6 is 0 Å². The number of piperidine rings is 1. The fourth-order valence-corrected chi connectivity index (χ4v) is 4.99. The molecule has 1 amide bonds. The summed E-state index contributed by atoms with van der Waals surface area (Å²) in [4.78, 5) is 15.0. The number of aryl methyl sites for hydroxylation is 2. The molecule has 1 fully saturated rings. The van der Waals surface area contributed by atoms with Crippen molar-refractivity contribution in [2.45, 2.75) is 38.0 Å². The van der Waals surface area contributed by atoms with Gasteiger partial charge in [-0.15, -0.1) is 4.40 Å². The summed E-state index contributed by atoms with van der Waals surface area (Å²) in [5.74, 6) is 0.675. The minimum Gasteiger partial charge on any atom is -0.360 e. The lowest BCUT2D eigenvalue weighted by Gasteiger charge is -2.34. The van der Waals surface area contributed by atoms with E-state index in [2.05, 4.69) is 14.9 Å². The Balaban J connectivity index is 1.59. The summed E-state index contributed by atoms with van der Waals surface area (Å²) in [6.07, 6.45) is 2.11. The van der Waals surface area contributed by atoms with Crippen molar-refractivity contribution in [2.24, 2.45) is 10.3 Å². The molecule has 1 saturated heterocycles. The average molecular weight is 402 g/mol. The molecule has 2 aliphatic heterocycles. The van der Waals surface area contributed by atoms with Gasteiger partial charge in [0.2, 0.25) is 0 Å². The van der Waals surface area contributed by atoms with Gasteiger partial charge < -0.3 is 14.7 Å². The number of nitrogens with one attached hydrogen (secondary N) is 1. The third-order valence-corrected chi connectivity index (χ3v) is 6.56. The molecule has 2 aromatic rings. The lowest BCUT2D eigenvalue weighted by Crippen LogP contribution is -2.45. The number of carbonyl (C=O) groups excluding carboxylic acids is 1. The number of hydrogen-bond acceptors (Lipinski definition) is 6. The Morgan fingerprint density at radius 1 is 1.36 bits per heavy atom. The number of amidine groups is 1. The van der Waals surface area contributed by atoms with Crippen LogP contribution in [0.4, 0.5) is 5.69 Å². The number of carbonyl (C=O) groups is 1. The predicted molar refractivity (Wildman–Crippen MR) is 104 cm³/mol. The van der Waals surface area contributed by atoms with E-state index in [-0.39, 0.29) is 16.7 Å². The van der Waals surface area contributed by atoms with Gasteiger partial charge in [0.05, 0.1) is 11.4 Å². The van der Waals surface area contributed by atoms with E-state index in [9.17, 15) is 13.2 Å². The fraction of sp³-hybridized carbons (Fsp3) is 0.421. The van der Waals surface area contributed by atoms with Crippen molar-refractivity contribution in [1.29, 1.82) is 0 Å². The standard InChI is InChI=1S/C19H22N4O4S/c1-3-15-17(12(2)21-27-15)19(24)23-10-6-7-13(11-23)18-20-14-8-4-5-9-16(14)28(25,26)22-18/h4-5,8-9,13H,3,6-7,10-11H2,1-2H3,(H,20,22). The predicted octanol–water partition coefficient (Wildman–Crippen LogP) is 2.61. The quantitative estimate of drug-likeness (QED) is 0.846. The van der Waals surface area contributed by atoms with Crippen molar-refractivity contribution in [3.63, 3.8) is 0 Å². The summed E-state index contributed by atoms with van der Waals surface area (Å²) in [7, 11) is -3.74. The van der Waals surface area contributed by atoms with Gasteiger partial charge in [0.1, 0.15) is 22.1 Å². The van der Waals surface area contributed by atoms with E-state index >= 15 is 0 Å². The first kappa shape index (κ1) is 18.7. The molecule has 0 saturated carbocycles. The van der Waals surface area contributed by atoms with E-state index in [1.807, 2.05) is 6.92 Å². The van der Waals surface area contributed by atoms with Gasteiger partial charge in [-0.1, -0.05) is 24.2 Å². The Bertz CT molecular complexity index is 1060. The Morgan fingerprint density at radius 2 is 2.14 bits per heavy atom. The van der Waals surface area contributed by atoms with Crippen LogP contribution in [0, 0.1) is 12.8 Å². The number of sulfonamides is 1. The molecule has 1 unspecified atom stereocenters. The zero-order valence-corrected chi connectivity index (χ0v) is 16.6. The highest BCUT2D eigenvalue weighted by Crippen LogP contribution is 2.31. The second kappa shape index (κ2) is 7.05. The minimum atomic E-state index is -3.74. The van der Waals surface area contributed by atoms with Gasteiger partial charge in [-0.05, 0) is 31.9 Å². The molecule has 9 heteroatoms. The van der Waals surface area contributed by atoms with Gasteiger partial charge in [-0.2, -0.15) is 8.42 Å². The minimum absolute atomic E-state index is 0.125. The van der Waals surface area contributed by atoms with E-state index in [0.29, 0.717) is 48.1 Å². The van der Waals surface area contributed by atoms with Crippen LogP contribution in [-0.2, 0) is 16.4 Å². The van der Waals surface area contributed by atoms with E-state index < -0.39 is 10.0 Å². The Morgan fingerprint density at radius 3 is 2.93 bits per heavy atom. The molecule has 1 N–H and O–H groups in total. The Hall–Kier alpha value is -2.68. The average Bonchev–Trinajstić information content (AvgIpc) is 3.07. The van der Waals surface area contributed by atoms with Crippen LogP contribution in [0.2, 0.25) is 0 Å². The van der Waals surface area contributed by atoms with Crippen molar-refractivity contribution in [1.82, 2.24) is 10.1 Å². The van der Waals surface area contributed by atoms with Crippen molar-refractivity contribution >= 4 is 27.5 Å². The molecule has 0 radical (unpaired) electrons. The summed E-state index contributed by atoms with van der Waals surface area (Å²) in [5, 5.41) is 7.07. The summed E-state index contributed by atoms with van der Waals surface area (Å²) in [5.41, 5.74) is 1.62. The van der Waals surface area contributed by atoms with Crippen LogP contribution in [0.25, 0.3) is 0 Å². The van der Waals surface area contributed by atoms with Crippen LogP contribution in [0.1, 0.15) is 41.6 Å². The summed E-state index contributed by atoms with van der Waals surface area (Å²) in [6, 6.07) is 6.71. The molecule has 1 aromatic carbocycles. The zero-order chi connectivity index (χ0) is 19.9. The summed E-state index contributed by atoms with van der Waals surface area (Å²) < 4.78 is 34.3. The fourth-order valence-electron chi connectivity index (χ4n) is 3.79. The second-order valence-corrected chi connectivity index (χ2v) is 8.66. The maximum Gasteiger partial charge on any atom is 0.286 e. The SMILES string of the molecule is CCc1onc(C)c1C(=O)N1CCCC(C2=NS(=O)(=O)c3ccccc3N2)C1. The number of amides is 1. The molecule has 28 heavy (non-hydrogen) atoms. The van der Waals surface area contributed by atoms with Crippen molar-refractivity contribution in [3.8, 4) is 0 Å². The van der Waals surface area contributed by atoms with Gasteiger partial charge in [-0.25, -0.2) is 0 Å². The lowest BCUT2D eigenvalue weighted by atomic mass is 9.95. The van der Waals surface area contributed by atoms with Crippen molar-refractivity contribution in [3.05, 3.63) is 41.3 Å². The number of para-hydroxylation sites is 1. The summed E-state index contributed by atoms with van der Waals surface area (Å²) in [6.45, 7) is 4.68. The van der Waals surface area contributed by atoms with Crippen molar-refractivity contribution in [2.75, 3.05) is 18.4 Å². The molecule has 148 valence electrons. The van der Waals surface area contributed by atoms with Crippen molar-refractivity contribution < 1.29 is 17.7 Å². The number of likely N-dealkylation sites (tertiary alicyclic amines) is 1. The molecule has 1 atom stereocenters. The number of fused-ring (bicyclic) bond motifs is 1. The first-order valence-electron chi connectivity index (χ1n) is 9.36. The van der Waals surface area contributed by atoms with E-state index in [0.717, 1.165) is 12.8 Å². The molecule has 8 nitrogen and oxygen atoms in total. The smallest absolute Gasteiger partial charge is 0.286 e. The third-order valence-electron chi connectivity index (χ3n) is 5.21. The molecule has 3 heterocycles. The monoisotopic (exact) mass is 402 g/mol. The lowest BCUT2D eigenvalue weighted by molar-refractivity contribution is 0.0700. The molecule has 0 aliphatic carbocycles. The van der Waals surface area contributed by atoms with Gasteiger partial charge in [-0.3, -0.25) is 4.79 Å². The van der Waals surface area contributed by atoms with Crippen LogP contribution in [0.5, 0.6) is 0 Å². The Kier molecular flexibility index (Phi) is 4.70. The highest BCUT2D eigenvalue weighted by Gasteiger charge is 2.34. The molecule has 0 bridgehead atoms. The maximum atomic E-state index is 13.1. The Labute approximate surface area is 163 Å². The summed E-state index contributed by atoms with van der Waals surface area (Å²) >= 11 is 0. The first-order chi connectivity index (χ1) is 13.4. The zero-order valence-electron chi connectivity index (χ0n) is 15.8. The number of aromatic nitrogens is 1. The van der Waals surface area contributed by atoms with E-state index in [4.69, 9.17) is 4.52 Å². The first-order valence-corrected chi connectivity index (χ1v) is 10.8. The van der Waals surface area contributed by atoms with Gasteiger partial charge in [0.25, 0.3) is 15.9 Å². The van der Waals surface area contributed by atoms with E-state index in [1.54, 1.807) is 30.0 Å². The topological polar surface area (TPSA) is 105 Å². The third kappa shape index (κ3) is 3.19. The van der Waals surface area contributed by atoms with E-state index in [1.165, 1.54) is 6.07 Å². The molecular weight excluding hydrogens is 380 g/mol. The highest BCUT2D eigenvalue weighted by atomic mass is 32.2. The highest BCUT2D eigenvalue weighted by molar-refractivity contribution is 7.90. The van der Waals surface area contributed by atoms with Gasteiger partial charge >= 0.3 is 0 Å².